The molecule has 1 aliphatic heterocycles. The highest BCUT2D eigenvalue weighted by molar-refractivity contribution is 6.29. The van der Waals surface area contributed by atoms with E-state index in [9.17, 15) is 10.1 Å². The highest BCUT2D eigenvalue weighted by Gasteiger charge is 2.20. The average molecular weight is 285 g/mol. The van der Waals surface area contributed by atoms with Crippen LogP contribution < -0.4 is 4.90 Å². The van der Waals surface area contributed by atoms with Gasteiger partial charge in [-0.2, -0.15) is 0 Å². The van der Waals surface area contributed by atoms with Gasteiger partial charge in [-0.25, -0.2) is 4.98 Å². The fraction of sp³-hybridized carbons (Fsp3) is 0.583. The molecule has 19 heavy (non-hydrogen) atoms. The Hall–Kier alpha value is -1.40. The number of likely N-dealkylation sites (tertiary alicyclic amines) is 1. The summed E-state index contributed by atoms with van der Waals surface area (Å²) in [6.07, 6.45) is 2.47. The molecule has 0 spiro atoms. The first-order valence-corrected chi connectivity index (χ1v) is 6.70. The Bertz CT molecular complexity index is 463. The van der Waals surface area contributed by atoms with Gasteiger partial charge in [0.05, 0.1) is 4.92 Å². The van der Waals surface area contributed by atoms with Gasteiger partial charge in [0.1, 0.15) is 5.15 Å². The number of halogens is 1. The quantitative estimate of drug-likeness (QED) is 0.471. The summed E-state index contributed by atoms with van der Waals surface area (Å²) in [4.78, 5) is 18.8. The number of aromatic nitrogens is 1. The molecule has 0 atom stereocenters. The van der Waals surface area contributed by atoms with Crippen molar-refractivity contribution in [1.82, 2.24) is 9.88 Å². The molecule has 0 aromatic carbocycles. The van der Waals surface area contributed by atoms with Gasteiger partial charge in [0, 0.05) is 26.2 Å². The van der Waals surface area contributed by atoms with Gasteiger partial charge in [0.2, 0.25) is 5.82 Å². The Morgan fingerprint density at radius 2 is 2.16 bits per heavy atom. The molecule has 1 saturated heterocycles. The average Bonchev–Trinajstić information content (AvgIpc) is 2.88. The second-order valence-electron chi connectivity index (χ2n) is 4.70. The lowest BCUT2D eigenvalue weighted by Gasteiger charge is -2.22. The van der Waals surface area contributed by atoms with Gasteiger partial charge in [0.15, 0.2) is 0 Å². The Morgan fingerprint density at radius 1 is 1.47 bits per heavy atom. The van der Waals surface area contributed by atoms with Gasteiger partial charge >= 0.3 is 5.69 Å². The van der Waals surface area contributed by atoms with Crippen molar-refractivity contribution in [2.75, 3.05) is 38.1 Å². The first-order valence-electron chi connectivity index (χ1n) is 6.32. The van der Waals surface area contributed by atoms with Crippen LogP contribution in [0.2, 0.25) is 5.15 Å². The molecule has 1 aliphatic rings. The summed E-state index contributed by atoms with van der Waals surface area (Å²) in [5, 5.41) is 11.3. The van der Waals surface area contributed by atoms with Gasteiger partial charge in [-0.05, 0) is 32.0 Å². The van der Waals surface area contributed by atoms with E-state index < -0.39 is 4.92 Å². The second-order valence-corrected chi connectivity index (χ2v) is 5.09. The lowest BCUT2D eigenvalue weighted by Crippen LogP contribution is -2.32. The number of hydrogen-bond acceptors (Lipinski definition) is 5. The minimum absolute atomic E-state index is 0.00618. The molecule has 0 amide bonds. The molecule has 104 valence electrons. The summed E-state index contributed by atoms with van der Waals surface area (Å²) in [6, 6.07) is 2.84. The summed E-state index contributed by atoms with van der Waals surface area (Å²) >= 11 is 5.82. The Labute approximate surface area is 117 Å². The van der Waals surface area contributed by atoms with E-state index in [-0.39, 0.29) is 10.8 Å². The Morgan fingerprint density at radius 3 is 2.79 bits per heavy atom. The van der Waals surface area contributed by atoms with Gasteiger partial charge < -0.3 is 9.80 Å². The van der Waals surface area contributed by atoms with Gasteiger partial charge in [-0.15, -0.1) is 0 Å². The highest BCUT2D eigenvalue weighted by Crippen LogP contribution is 2.26. The van der Waals surface area contributed by atoms with Crippen LogP contribution in [0.5, 0.6) is 0 Å². The van der Waals surface area contributed by atoms with Crippen LogP contribution in [-0.2, 0) is 0 Å². The minimum atomic E-state index is -0.426. The zero-order chi connectivity index (χ0) is 13.8. The third-order valence-corrected chi connectivity index (χ3v) is 3.54. The number of likely N-dealkylation sites (N-methyl/N-ethyl adjacent to an activating group) is 1. The maximum absolute atomic E-state index is 11.0. The molecule has 0 aliphatic carbocycles. The van der Waals surface area contributed by atoms with Crippen molar-refractivity contribution >= 4 is 23.1 Å². The van der Waals surface area contributed by atoms with Crippen molar-refractivity contribution < 1.29 is 4.92 Å². The minimum Gasteiger partial charge on any atom is -0.353 e. The molecule has 0 saturated carbocycles. The van der Waals surface area contributed by atoms with E-state index in [1.54, 1.807) is 4.90 Å². The lowest BCUT2D eigenvalue weighted by atomic mass is 10.3. The summed E-state index contributed by atoms with van der Waals surface area (Å²) in [5.41, 5.74) is -0.00618. The van der Waals surface area contributed by atoms with Crippen molar-refractivity contribution in [1.29, 1.82) is 0 Å². The van der Waals surface area contributed by atoms with E-state index in [0.29, 0.717) is 12.4 Å². The third-order valence-electron chi connectivity index (χ3n) is 3.33. The zero-order valence-electron chi connectivity index (χ0n) is 10.9. The van der Waals surface area contributed by atoms with Crippen LogP contribution in [-0.4, -0.2) is 48.0 Å². The van der Waals surface area contributed by atoms with E-state index >= 15 is 0 Å². The largest absolute Gasteiger partial charge is 0.353 e. The molecule has 1 fully saturated rings. The highest BCUT2D eigenvalue weighted by atomic mass is 35.5. The molecule has 0 bridgehead atoms. The molecule has 0 radical (unpaired) electrons. The van der Waals surface area contributed by atoms with Crippen LogP contribution in [0.4, 0.5) is 11.5 Å². The lowest BCUT2D eigenvalue weighted by molar-refractivity contribution is -0.384. The number of anilines is 1. The van der Waals surface area contributed by atoms with Crippen molar-refractivity contribution in [3.05, 3.63) is 27.4 Å². The molecular formula is C12H17ClN4O2. The monoisotopic (exact) mass is 284 g/mol. The molecule has 1 aromatic heterocycles. The fourth-order valence-electron chi connectivity index (χ4n) is 2.24. The van der Waals surface area contributed by atoms with Crippen LogP contribution in [0.1, 0.15) is 12.8 Å². The Kier molecular flexibility index (Phi) is 4.55. The zero-order valence-corrected chi connectivity index (χ0v) is 11.6. The molecule has 0 N–H and O–H groups in total. The summed E-state index contributed by atoms with van der Waals surface area (Å²) in [5.74, 6) is 0.330. The molecule has 2 heterocycles. The summed E-state index contributed by atoms with van der Waals surface area (Å²) in [7, 11) is 1.81. The standard InChI is InChI=1S/C12H17ClN4O2/c1-15(8-9-16-6-2-3-7-16)12-10(17(18)19)4-5-11(13)14-12/h4-5H,2-3,6-9H2,1H3. The molecule has 2 rings (SSSR count). The molecule has 7 heteroatoms. The van der Waals surface area contributed by atoms with Crippen molar-refractivity contribution in [2.24, 2.45) is 0 Å². The first-order chi connectivity index (χ1) is 9.08. The van der Waals surface area contributed by atoms with E-state index in [0.717, 1.165) is 19.6 Å². The third kappa shape index (κ3) is 3.54. The van der Waals surface area contributed by atoms with Crippen LogP contribution in [0.15, 0.2) is 12.1 Å². The maximum Gasteiger partial charge on any atom is 0.311 e. The number of nitro groups is 1. The fourth-order valence-corrected chi connectivity index (χ4v) is 2.39. The van der Waals surface area contributed by atoms with E-state index in [2.05, 4.69) is 9.88 Å². The topological polar surface area (TPSA) is 62.5 Å². The predicted molar refractivity (Wildman–Crippen MR) is 74.8 cm³/mol. The van der Waals surface area contributed by atoms with E-state index in [4.69, 9.17) is 11.6 Å². The van der Waals surface area contributed by atoms with Crippen LogP contribution in [0, 0.1) is 10.1 Å². The van der Waals surface area contributed by atoms with Crippen LogP contribution in [0.3, 0.4) is 0 Å². The molecular weight excluding hydrogens is 268 g/mol. The smallest absolute Gasteiger partial charge is 0.311 e. The predicted octanol–water partition coefficient (Wildman–Crippen LogP) is 2.18. The molecule has 1 aromatic rings. The summed E-state index contributed by atoms with van der Waals surface area (Å²) < 4.78 is 0. The first kappa shape index (κ1) is 14.0. The van der Waals surface area contributed by atoms with Crippen molar-refractivity contribution in [3.8, 4) is 0 Å². The van der Waals surface area contributed by atoms with E-state index in [1.165, 1.54) is 25.0 Å². The number of nitrogens with zero attached hydrogens (tertiary/aromatic N) is 4. The van der Waals surface area contributed by atoms with E-state index in [1.807, 2.05) is 7.05 Å². The van der Waals surface area contributed by atoms with Gasteiger partial charge in [-0.1, -0.05) is 11.6 Å². The molecule has 6 nitrogen and oxygen atoms in total. The number of rotatable bonds is 5. The van der Waals surface area contributed by atoms with Gasteiger partial charge in [-0.3, -0.25) is 10.1 Å². The van der Waals surface area contributed by atoms with Crippen molar-refractivity contribution in [2.45, 2.75) is 12.8 Å². The van der Waals surface area contributed by atoms with Gasteiger partial charge in [0.25, 0.3) is 0 Å². The van der Waals surface area contributed by atoms with Crippen LogP contribution >= 0.6 is 11.6 Å². The molecule has 0 unspecified atom stereocenters. The number of pyridine rings is 1. The second kappa shape index (κ2) is 6.16. The normalized spacial score (nSPS) is 15.7. The summed E-state index contributed by atoms with van der Waals surface area (Å²) in [6.45, 7) is 3.81. The Balaban J connectivity index is 2.06. The number of hydrogen-bond donors (Lipinski definition) is 0. The maximum atomic E-state index is 11.0. The van der Waals surface area contributed by atoms with Crippen molar-refractivity contribution in [3.63, 3.8) is 0 Å². The van der Waals surface area contributed by atoms with Crippen LogP contribution in [0.25, 0.3) is 0 Å². The SMILES string of the molecule is CN(CCN1CCCC1)c1nc(Cl)ccc1[N+](=O)[O-].